The lowest BCUT2D eigenvalue weighted by Gasteiger charge is -2.53. The molecular formula is C25H33N3O3. The number of carbonyl (C=O) groups is 1. The van der Waals surface area contributed by atoms with Crippen LogP contribution >= 0.6 is 0 Å². The van der Waals surface area contributed by atoms with Gasteiger partial charge < -0.3 is 19.4 Å². The Morgan fingerprint density at radius 2 is 2.10 bits per heavy atom. The van der Waals surface area contributed by atoms with Gasteiger partial charge in [-0.1, -0.05) is 26.0 Å². The van der Waals surface area contributed by atoms with Crippen LogP contribution in [0.25, 0.3) is 0 Å². The van der Waals surface area contributed by atoms with Crippen LogP contribution < -0.4 is 10.1 Å². The summed E-state index contributed by atoms with van der Waals surface area (Å²) in [7, 11) is 1.97. The van der Waals surface area contributed by atoms with Gasteiger partial charge in [0.25, 0.3) is 0 Å². The zero-order chi connectivity index (χ0) is 21.8. The quantitative estimate of drug-likeness (QED) is 0.789. The number of benzene rings is 1. The van der Waals surface area contributed by atoms with Crippen molar-refractivity contribution in [3.8, 4) is 5.75 Å². The lowest BCUT2D eigenvalue weighted by atomic mass is 9.59. The molecule has 5 rings (SSSR count). The largest absolute Gasteiger partial charge is 0.486 e. The molecule has 2 aromatic rings. The number of nitrogens with zero attached hydrogens (tertiary/aromatic N) is 2. The van der Waals surface area contributed by atoms with Crippen LogP contribution in [-0.2, 0) is 23.2 Å². The summed E-state index contributed by atoms with van der Waals surface area (Å²) in [6.07, 6.45) is 7.18. The van der Waals surface area contributed by atoms with E-state index in [-0.39, 0.29) is 28.9 Å². The van der Waals surface area contributed by atoms with Crippen LogP contribution in [0.1, 0.15) is 57.5 Å². The highest BCUT2D eigenvalue weighted by Gasteiger charge is 2.68. The summed E-state index contributed by atoms with van der Waals surface area (Å²) in [6.45, 7) is 7.51. The number of aromatic nitrogens is 2. The highest BCUT2D eigenvalue weighted by Crippen LogP contribution is 2.70. The molecule has 1 unspecified atom stereocenters. The Balaban J connectivity index is 1.34. The van der Waals surface area contributed by atoms with Crippen molar-refractivity contribution in [2.45, 2.75) is 58.8 Å². The molecule has 1 amide bonds. The van der Waals surface area contributed by atoms with E-state index in [1.54, 1.807) is 13.1 Å². The summed E-state index contributed by atoms with van der Waals surface area (Å²) in [5.74, 6) is 2.88. The number of ether oxygens (including phenoxy) is 2. The predicted octanol–water partition coefficient (Wildman–Crippen LogP) is 4.02. The van der Waals surface area contributed by atoms with E-state index < -0.39 is 0 Å². The van der Waals surface area contributed by atoms with E-state index in [1.807, 2.05) is 29.9 Å². The molecule has 1 spiro atoms. The van der Waals surface area contributed by atoms with Crippen molar-refractivity contribution in [3.05, 3.63) is 48.0 Å². The van der Waals surface area contributed by atoms with Crippen LogP contribution in [0.2, 0.25) is 0 Å². The van der Waals surface area contributed by atoms with Gasteiger partial charge in [0, 0.05) is 39.0 Å². The molecule has 1 saturated heterocycles. The minimum absolute atomic E-state index is 0.0784. The smallest absolute Gasteiger partial charge is 0.217 e. The summed E-state index contributed by atoms with van der Waals surface area (Å²) < 4.78 is 14.2. The molecule has 6 nitrogen and oxygen atoms in total. The molecule has 1 N–H and O–H groups in total. The van der Waals surface area contributed by atoms with E-state index in [9.17, 15) is 4.79 Å². The average Bonchev–Trinajstić information content (AvgIpc) is 3.39. The molecule has 6 heteroatoms. The Bertz CT molecular complexity index is 967. The Morgan fingerprint density at radius 1 is 1.32 bits per heavy atom. The van der Waals surface area contributed by atoms with Gasteiger partial charge in [-0.05, 0) is 59.6 Å². The monoisotopic (exact) mass is 423 g/mol. The van der Waals surface area contributed by atoms with Gasteiger partial charge in [0.15, 0.2) is 0 Å². The zero-order valence-corrected chi connectivity index (χ0v) is 18.9. The van der Waals surface area contributed by atoms with Crippen LogP contribution in [0.3, 0.4) is 0 Å². The molecule has 1 aromatic carbocycles. The molecule has 0 radical (unpaired) electrons. The third-order valence-electron chi connectivity index (χ3n) is 8.35. The Labute approximate surface area is 184 Å². The van der Waals surface area contributed by atoms with Crippen molar-refractivity contribution in [3.63, 3.8) is 0 Å². The molecule has 1 aromatic heterocycles. The number of rotatable bonds is 5. The van der Waals surface area contributed by atoms with Gasteiger partial charge in [-0.2, -0.15) is 0 Å². The van der Waals surface area contributed by atoms with E-state index in [0.717, 1.165) is 24.6 Å². The second-order valence-electron chi connectivity index (χ2n) is 10.3. The van der Waals surface area contributed by atoms with Crippen LogP contribution in [0.15, 0.2) is 36.7 Å². The summed E-state index contributed by atoms with van der Waals surface area (Å²) >= 11 is 0. The number of aryl methyl sites for hydroxylation is 1. The molecule has 2 heterocycles. The van der Waals surface area contributed by atoms with Crippen molar-refractivity contribution in [2.75, 3.05) is 6.61 Å². The van der Waals surface area contributed by atoms with E-state index in [4.69, 9.17) is 9.47 Å². The van der Waals surface area contributed by atoms with E-state index in [0.29, 0.717) is 18.4 Å². The van der Waals surface area contributed by atoms with Crippen LogP contribution in [0.5, 0.6) is 5.75 Å². The molecular weight excluding hydrogens is 390 g/mol. The van der Waals surface area contributed by atoms with Crippen molar-refractivity contribution < 1.29 is 14.3 Å². The highest BCUT2D eigenvalue weighted by molar-refractivity contribution is 5.73. The predicted molar refractivity (Wildman–Crippen MR) is 117 cm³/mol. The second kappa shape index (κ2) is 7.37. The summed E-state index contributed by atoms with van der Waals surface area (Å²) in [5, 5.41) is 3.35. The standard InChI is InChI=1S/C25H33N3O3/c1-16(29)27-23-24(2,3)18-13-20-22(30-12-9-25(20,23)14-18)17-5-7-19(8-6-17)31-15-21-26-10-11-28(21)4/h5-8,10-11,18,20,22-23H,9,12-15H2,1-4H3,(H,27,29)/t18-,20-,22-,23+,25?/m1/s1. The fraction of sp³-hybridized carbons (Fsp3) is 0.600. The van der Waals surface area contributed by atoms with Gasteiger partial charge in [0.1, 0.15) is 18.2 Å². The molecule has 3 aliphatic rings. The zero-order valence-electron chi connectivity index (χ0n) is 18.9. The fourth-order valence-corrected chi connectivity index (χ4v) is 6.76. The first-order valence-corrected chi connectivity index (χ1v) is 11.4. The minimum Gasteiger partial charge on any atom is -0.486 e. The van der Waals surface area contributed by atoms with Crippen molar-refractivity contribution in [1.29, 1.82) is 0 Å². The number of amides is 1. The topological polar surface area (TPSA) is 65.4 Å². The average molecular weight is 424 g/mol. The number of imidazole rings is 1. The maximum atomic E-state index is 12.0. The van der Waals surface area contributed by atoms with Gasteiger partial charge >= 0.3 is 0 Å². The maximum absolute atomic E-state index is 12.0. The SMILES string of the molecule is CC(=O)N[C@H]1C(C)(C)[C@@H]2C[C@@H]3[C@@H](c4ccc(OCc5nccn5C)cc4)OCCC31C2. The second-order valence-corrected chi connectivity index (χ2v) is 10.3. The first kappa shape index (κ1) is 20.6. The number of carbonyl (C=O) groups excluding carboxylic acids is 1. The van der Waals surface area contributed by atoms with E-state index >= 15 is 0 Å². The lowest BCUT2D eigenvalue weighted by Crippen LogP contribution is -2.58. The van der Waals surface area contributed by atoms with Crippen LogP contribution in [0, 0.1) is 22.7 Å². The summed E-state index contributed by atoms with van der Waals surface area (Å²) in [6, 6.07) is 8.56. The van der Waals surface area contributed by atoms with Crippen molar-refractivity contribution in [1.82, 2.24) is 14.9 Å². The van der Waals surface area contributed by atoms with Crippen molar-refractivity contribution >= 4 is 5.91 Å². The van der Waals surface area contributed by atoms with Gasteiger partial charge in [0.05, 0.1) is 6.10 Å². The van der Waals surface area contributed by atoms with Gasteiger partial charge in [-0.15, -0.1) is 0 Å². The first-order valence-electron chi connectivity index (χ1n) is 11.4. The third-order valence-corrected chi connectivity index (χ3v) is 8.35. The van der Waals surface area contributed by atoms with Crippen molar-refractivity contribution in [2.24, 2.45) is 29.7 Å². The molecule has 1 aliphatic heterocycles. The Hall–Kier alpha value is -2.34. The molecule has 5 atom stereocenters. The molecule has 166 valence electrons. The van der Waals surface area contributed by atoms with Crippen LogP contribution in [0.4, 0.5) is 0 Å². The Morgan fingerprint density at radius 3 is 2.77 bits per heavy atom. The molecule has 2 aliphatic carbocycles. The summed E-state index contributed by atoms with van der Waals surface area (Å²) in [5.41, 5.74) is 1.48. The molecule has 3 fully saturated rings. The van der Waals surface area contributed by atoms with Crippen LogP contribution in [-0.4, -0.2) is 28.1 Å². The normalized spacial score (nSPS) is 33.2. The maximum Gasteiger partial charge on any atom is 0.217 e. The molecule has 2 saturated carbocycles. The van der Waals surface area contributed by atoms with Gasteiger partial charge in [0.2, 0.25) is 5.91 Å². The number of hydrogen-bond donors (Lipinski definition) is 1. The molecule has 2 bridgehead atoms. The summed E-state index contributed by atoms with van der Waals surface area (Å²) in [4.78, 5) is 16.3. The first-order chi connectivity index (χ1) is 14.8. The van der Waals surface area contributed by atoms with E-state index in [1.165, 1.54) is 18.4 Å². The molecule has 31 heavy (non-hydrogen) atoms. The fourth-order valence-electron chi connectivity index (χ4n) is 6.76. The number of hydrogen-bond acceptors (Lipinski definition) is 4. The third kappa shape index (κ3) is 3.27. The van der Waals surface area contributed by atoms with Gasteiger partial charge in [-0.25, -0.2) is 4.98 Å². The Kier molecular flexibility index (Phi) is 4.88. The lowest BCUT2D eigenvalue weighted by molar-refractivity contribution is -0.136. The highest BCUT2D eigenvalue weighted by atomic mass is 16.5. The van der Waals surface area contributed by atoms with Gasteiger partial charge in [-0.3, -0.25) is 4.79 Å². The number of fused-ring (bicyclic) bond motifs is 1. The number of nitrogens with one attached hydrogen (secondary N) is 1. The van der Waals surface area contributed by atoms with E-state index in [2.05, 4.69) is 36.3 Å². The minimum atomic E-state index is 0.0784.